The average molecular weight is 349 g/mol. The van der Waals surface area contributed by atoms with Crippen molar-refractivity contribution in [3.63, 3.8) is 0 Å². The van der Waals surface area contributed by atoms with E-state index in [1.165, 1.54) is 0 Å². The van der Waals surface area contributed by atoms with Crippen molar-refractivity contribution in [2.24, 2.45) is 27.6 Å². The molecule has 0 saturated carbocycles. The van der Waals surface area contributed by atoms with Crippen LogP contribution in [0.5, 0.6) is 0 Å². The lowest BCUT2D eigenvalue weighted by atomic mass is 9.55. The Bertz CT molecular complexity index is 541. The van der Waals surface area contributed by atoms with E-state index in [9.17, 15) is 4.79 Å². The van der Waals surface area contributed by atoms with Crippen LogP contribution >= 0.6 is 0 Å². The monoisotopic (exact) mass is 348 g/mol. The molecular weight excluding hydrogens is 308 g/mol. The molecule has 0 aliphatic carbocycles. The van der Waals surface area contributed by atoms with Crippen LogP contribution in [0.2, 0.25) is 0 Å². The minimum atomic E-state index is -0.142. The first kappa shape index (κ1) is 22.0. The Morgan fingerprint density at radius 1 is 1.00 bits per heavy atom. The van der Waals surface area contributed by atoms with Gasteiger partial charge in [0, 0.05) is 6.42 Å². The second-order valence-electron chi connectivity index (χ2n) is 11.1. The second-order valence-corrected chi connectivity index (χ2v) is 11.1. The van der Waals surface area contributed by atoms with Gasteiger partial charge in [-0.15, -0.1) is 0 Å². The summed E-state index contributed by atoms with van der Waals surface area (Å²) in [6.07, 6.45) is 3.42. The molecule has 0 radical (unpaired) electrons. The summed E-state index contributed by atoms with van der Waals surface area (Å²) >= 11 is 0. The lowest BCUT2D eigenvalue weighted by molar-refractivity contribution is -0.139. The molecule has 1 aliphatic rings. The fraction of sp³-hybridized carbons (Fsp3) is 0.783. The number of allylic oxidation sites excluding steroid dienone is 2. The van der Waals surface area contributed by atoms with E-state index >= 15 is 0 Å². The normalized spacial score (nSPS) is 20.0. The molecule has 1 aliphatic heterocycles. The molecule has 1 rings (SSSR count). The number of hydrogen-bond acceptors (Lipinski definition) is 2. The summed E-state index contributed by atoms with van der Waals surface area (Å²) in [5.74, 6) is 0.358. The van der Waals surface area contributed by atoms with Gasteiger partial charge in [0.1, 0.15) is 5.76 Å². The molecule has 2 heteroatoms. The number of cyclic esters (lactones) is 1. The van der Waals surface area contributed by atoms with E-state index in [0.29, 0.717) is 18.6 Å². The van der Waals surface area contributed by atoms with Gasteiger partial charge in [-0.05, 0) is 40.9 Å². The van der Waals surface area contributed by atoms with Crippen LogP contribution in [0.3, 0.4) is 0 Å². The van der Waals surface area contributed by atoms with Crippen LogP contribution in [0.15, 0.2) is 24.5 Å². The van der Waals surface area contributed by atoms with Crippen molar-refractivity contribution in [1.82, 2.24) is 0 Å². The highest BCUT2D eigenvalue weighted by atomic mass is 16.5. The first-order valence-electron chi connectivity index (χ1n) is 9.55. The van der Waals surface area contributed by atoms with E-state index in [2.05, 4.69) is 75.5 Å². The average Bonchev–Trinajstić information content (AvgIpc) is 2.63. The molecule has 0 amide bonds. The molecule has 0 aromatic carbocycles. The van der Waals surface area contributed by atoms with Gasteiger partial charge in [0.15, 0.2) is 0 Å². The number of rotatable bonds is 7. The van der Waals surface area contributed by atoms with Gasteiger partial charge in [-0.2, -0.15) is 0 Å². The molecule has 1 unspecified atom stereocenters. The van der Waals surface area contributed by atoms with Crippen LogP contribution in [-0.2, 0) is 9.53 Å². The molecule has 0 aromatic heterocycles. The van der Waals surface area contributed by atoms with Crippen molar-refractivity contribution in [1.29, 1.82) is 0 Å². The summed E-state index contributed by atoms with van der Waals surface area (Å²) in [5, 5.41) is 0. The predicted molar refractivity (Wildman–Crippen MR) is 107 cm³/mol. The summed E-state index contributed by atoms with van der Waals surface area (Å²) in [5.41, 5.74) is 1.90. The summed E-state index contributed by atoms with van der Waals surface area (Å²) in [4.78, 5) is 11.9. The standard InChI is InChI=1S/C23H40O2/c1-16(12-18-13-17(2)25-19(18)24)14-21(6,7)23(10,11)15-22(8,9)20(3,4)5/h18H,1-2,12-15H2,3-11H3. The van der Waals surface area contributed by atoms with Crippen LogP contribution in [0.4, 0.5) is 0 Å². The second kappa shape index (κ2) is 6.93. The minimum Gasteiger partial charge on any atom is -0.431 e. The van der Waals surface area contributed by atoms with Crippen molar-refractivity contribution in [2.75, 3.05) is 0 Å². The smallest absolute Gasteiger partial charge is 0.314 e. The van der Waals surface area contributed by atoms with Gasteiger partial charge in [0.25, 0.3) is 0 Å². The summed E-state index contributed by atoms with van der Waals surface area (Å²) in [7, 11) is 0. The summed E-state index contributed by atoms with van der Waals surface area (Å²) in [6.45, 7) is 29.2. The van der Waals surface area contributed by atoms with Crippen molar-refractivity contribution >= 4 is 5.97 Å². The van der Waals surface area contributed by atoms with Crippen LogP contribution in [0, 0.1) is 27.6 Å². The SMILES string of the molecule is C=C(CC1CC(=C)OC1=O)CC(C)(C)C(C)(C)CC(C)(C)C(C)(C)C. The Balaban J connectivity index is 2.79. The lowest BCUT2D eigenvalue weighted by Gasteiger charge is -2.50. The van der Waals surface area contributed by atoms with Crippen LogP contribution < -0.4 is 0 Å². The molecule has 1 atom stereocenters. The van der Waals surface area contributed by atoms with E-state index in [-0.39, 0.29) is 33.5 Å². The van der Waals surface area contributed by atoms with Crippen LogP contribution in [0.25, 0.3) is 0 Å². The minimum absolute atomic E-state index is 0.0927. The largest absolute Gasteiger partial charge is 0.431 e. The summed E-state index contributed by atoms with van der Waals surface area (Å²) in [6, 6.07) is 0. The summed E-state index contributed by atoms with van der Waals surface area (Å²) < 4.78 is 5.10. The van der Waals surface area contributed by atoms with Crippen molar-refractivity contribution in [2.45, 2.75) is 88.0 Å². The molecule has 0 spiro atoms. The molecule has 1 fully saturated rings. The molecular formula is C23H40O2. The van der Waals surface area contributed by atoms with Gasteiger partial charge in [0.2, 0.25) is 0 Å². The van der Waals surface area contributed by atoms with E-state index < -0.39 is 0 Å². The Morgan fingerprint density at radius 3 is 1.92 bits per heavy atom. The lowest BCUT2D eigenvalue weighted by Crippen LogP contribution is -2.41. The maximum atomic E-state index is 11.9. The Hall–Kier alpha value is -1.05. The van der Waals surface area contributed by atoms with Gasteiger partial charge in [-0.1, -0.05) is 81.0 Å². The Morgan fingerprint density at radius 2 is 1.52 bits per heavy atom. The van der Waals surface area contributed by atoms with Crippen molar-refractivity contribution in [3.8, 4) is 0 Å². The first-order chi connectivity index (χ1) is 11.0. The topological polar surface area (TPSA) is 26.3 Å². The predicted octanol–water partition coefficient (Wildman–Crippen LogP) is 6.91. The fourth-order valence-electron chi connectivity index (χ4n) is 3.68. The van der Waals surface area contributed by atoms with E-state index in [0.717, 1.165) is 18.4 Å². The third-order valence-corrected chi connectivity index (χ3v) is 7.03. The molecule has 1 heterocycles. The molecule has 0 bridgehead atoms. The van der Waals surface area contributed by atoms with Crippen LogP contribution in [-0.4, -0.2) is 5.97 Å². The van der Waals surface area contributed by atoms with Crippen molar-refractivity contribution < 1.29 is 9.53 Å². The quantitative estimate of drug-likeness (QED) is 0.369. The van der Waals surface area contributed by atoms with Gasteiger partial charge in [-0.25, -0.2) is 0 Å². The Labute approximate surface area is 156 Å². The number of esters is 1. The Kier molecular flexibility index (Phi) is 6.09. The van der Waals surface area contributed by atoms with Gasteiger partial charge < -0.3 is 4.74 Å². The number of carbonyl (C=O) groups excluding carboxylic acids is 1. The highest BCUT2D eigenvalue weighted by molar-refractivity contribution is 5.76. The maximum absolute atomic E-state index is 11.9. The zero-order chi connectivity index (χ0) is 19.8. The molecule has 0 N–H and O–H groups in total. The van der Waals surface area contributed by atoms with Crippen molar-refractivity contribution in [3.05, 3.63) is 24.5 Å². The maximum Gasteiger partial charge on any atom is 0.314 e. The highest BCUT2D eigenvalue weighted by Crippen LogP contribution is 2.54. The van der Waals surface area contributed by atoms with E-state index in [1.54, 1.807) is 0 Å². The number of ether oxygens (including phenoxy) is 1. The molecule has 0 aromatic rings. The molecule has 2 nitrogen and oxygen atoms in total. The van der Waals surface area contributed by atoms with Gasteiger partial charge in [0.05, 0.1) is 5.92 Å². The van der Waals surface area contributed by atoms with Gasteiger partial charge in [-0.3, -0.25) is 4.79 Å². The fourth-order valence-corrected chi connectivity index (χ4v) is 3.68. The molecule has 144 valence electrons. The molecule has 1 saturated heterocycles. The number of carbonyl (C=O) groups is 1. The third kappa shape index (κ3) is 5.21. The first-order valence-corrected chi connectivity index (χ1v) is 9.55. The zero-order valence-corrected chi connectivity index (χ0v) is 18.1. The zero-order valence-electron chi connectivity index (χ0n) is 18.1. The third-order valence-electron chi connectivity index (χ3n) is 7.03. The molecule has 25 heavy (non-hydrogen) atoms. The van der Waals surface area contributed by atoms with E-state index in [1.807, 2.05) is 0 Å². The van der Waals surface area contributed by atoms with Gasteiger partial charge >= 0.3 is 5.97 Å². The highest BCUT2D eigenvalue weighted by Gasteiger charge is 2.44. The van der Waals surface area contributed by atoms with Crippen LogP contribution in [0.1, 0.15) is 88.0 Å². The van der Waals surface area contributed by atoms with E-state index in [4.69, 9.17) is 4.74 Å². The number of hydrogen-bond donors (Lipinski definition) is 0.